The van der Waals surface area contributed by atoms with Crippen LogP contribution in [0.1, 0.15) is 27.2 Å². The summed E-state index contributed by atoms with van der Waals surface area (Å²) in [6.07, 6.45) is 13.7. The van der Waals surface area contributed by atoms with E-state index in [9.17, 15) is 5.11 Å². The Hall–Kier alpha value is -2.22. The van der Waals surface area contributed by atoms with Gasteiger partial charge < -0.3 is 9.84 Å². The van der Waals surface area contributed by atoms with E-state index in [1.807, 2.05) is 32.1 Å². The lowest BCUT2D eigenvalue weighted by molar-refractivity contribution is 0.262. The van der Waals surface area contributed by atoms with Gasteiger partial charge in [0.15, 0.2) is 0 Å². The van der Waals surface area contributed by atoms with Crippen molar-refractivity contribution >= 4 is 0 Å². The highest BCUT2D eigenvalue weighted by atomic mass is 16.5. The SMILES string of the molecule is C=C/C=C\C=C(/C)C1=CC(C)C/C(=C\C(O)=C(\C)C=C)O1. The Morgan fingerprint density at radius 1 is 1.33 bits per heavy atom. The van der Waals surface area contributed by atoms with Crippen LogP contribution in [0.15, 0.2) is 84.1 Å². The van der Waals surface area contributed by atoms with Crippen LogP contribution in [-0.4, -0.2) is 5.11 Å². The van der Waals surface area contributed by atoms with Crippen LogP contribution in [0.4, 0.5) is 0 Å². The first-order chi connectivity index (χ1) is 9.97. The van der Waals surface area contributed by atoms with Crippen LogP contribution >= 0.6 is 0 Å². The number of hydrogen-bond acceptors (Lipinski definition) is 2. The maximum Gasteiger partial charge on any atom is 0.126 e. The first-order valence-electron chi connectivity index (χ1n) is 7.06. The standard InChI is InChI=1S/C19H24O2/c1-6-8-9-10-16(5)19-12-14(3)11-17(21-19)13-18(20)15(4)7-2/h6-10,12-14,20H,1-2,11H2,3-5H3/b9-8-,16-10+,17-13+,18-15+. The molecular weight excluding hydrogens is 260 g/mol. The molecule has 1 aliphatic rings. The molecule has 1 heterocycles. The summed E-state index contributed by atoms with van der Waals surface area (Å²) in [4.78, 5) is 0. The van der Waals surface area contributed by atoms with Crippen LogP contribution in [0.3, 0.4) is 0 Å². The molecule has 1 rings (SSSR count). The predicted octanol–water partition coefficient (Wildman–Crippen LogP) is 5.52. The second-order valence-electron chi connectivity index (χ2n) is 5.17. The van der Waals surface area contributed by atoms with Crippen molar-refractivity contribution in [3.8, 4) is 0 Å². The van der Waals surface area contributed by atoms with Crippen molar-refractivity contribution in [2.24, 2.45) is 5.92 Å². The van der Waals surface area contributed by atoms with Crippen LogP contribution in [0.2, 0.25) is 0 Å². The zero-order chi connectivity index (χ0) is 15.8. The summed E-state index contributed by atoms with van der Waals surface area (Å²) < 4.78 is 5.88. The second-order valence-corrected chi connectivity index (χ2v) is 5.17. The molecule has 2 nitrogen and oxygen atoms in total. The van der Waals surface area contributed by atoms with Crippen LogP contribution in [0.25, 0.3) is 0 Å². The van der Waals surface area contributed by atoms with Gasteiger partial charge in [0.2, 0.25) is 0 Å². The minimum absolute atomic E-state index is 0.196. The lowest BCUT2D eigenvalue weighted by Crippen LogP contribution is -2.08. The van der Waals surface area contributed by atoms with Gasteiger partial charge in [-0.25, -0.2) is 0 Å². The van der Waals surface area contributed by atoms with Gasteiger partial charge in [0, 0.05) is 12.5 Å². The molecule has 1 unspecified atom stereocenters. The van der Waals surface area contributed by atoms with E-state index in [1.54, 1.807) is 18.2 Å². The maximum atomic E-state index is 9.95. The molecule has 0 aliphatic carbocycles. The third-order valence-corrected chi connectivity index (χ3v) is 3.19. The molecule has 0 amide bonds. The van der Waals surface area contributed by atoms with Gasteiger partial charge in [-0.05, 0) is 37.0 Å². The van der Waals surface area contributed by atoms with Crippen LogP contribution in [0, 0.1) is 5.92 Å². The maximum absolute atomic E-state index is 9.95. The van der Waals surface area contributed by atoms with Gasteiger partial charge >= 0.3 is 0 Å². The summed E-state index contributed by atoms with van der Waals surface area (Å²) in [5.74, 6) is 2.15. The number of aliphatic hydroxyl groups excluding tert-OH is 1. The number of aliphatic hydroxyl groups is 1. The zero-order valence-electron chi connectivity index (χ0n) is 13.1. The van der Waals surface area contributed by atoms with Crippen LogP contribution in [-0.2, 0) is 4.74 Å². The topological polar surface area (TPSA) is 29.5 Å². The molecule has 0 aromatic heterocycles. The Labute approximate surface area is 127 Å². The number of hydrogen-bond donors (Lipinski definition) is 1. The summed E-state index contributed by atoms with van der Waals surface area (Å²) in [5.41, 5.74) is 1.77. The lowest BCUT2D eigenvalue weighted by Gasteiger charge is -2.22. The monoisotopic (exact) mass is 284 g/mol. The minimum Gasteiger partial charge on any atom is -0.508 e. The first kappa shape index (κ1) is 16.8. The summed E-state index contributed by atoms with van der Waals surface area (Å²) in [6.45, 7) is 13.2. The molecule has 1 N–H and O–H groups in total. The molecule has 0 saturated heterocycles. The highest BCUT2D eigenvalue weighted by Gasteiger charge is 2.17. The van der Waals surface area contributed by atoms with E-state index >= 15 is 0 Å². The Morgan fingerprint density at radius 3 is 2.67 bits per heavy atom. The van der Waals surface area contributed by atoms with E-state index < -0.39 is 0 Å². The number of ether oxygens (including phenoxy) is 1. The predicted molar refractivity (Wildman–Crippen MR) is 89.7 cm³/mol. The van der Waals surface area contributed by atoms with Gasteiger partial charge in [-0.15, -0.1) is 0 Å². The normalized spacial score (nSPS) is 22.6. The van der Waals surface area contributed by atoms with Crippen molar-refractivity contribution in [1.29, 1.82) is 0 Å². The average molecular weight is 284 g/mol. The number of allylic oxidation sites excluding steroid dienone is 10. The smallest absolute Gasteiger partial charge is 0.126 e. The van der Waals surface area contributed by atoms with Crippen molar-refractivity contribution in [2.45, 2.75) is 27.2 Å². The van der Waals surface area contributed by atoms with E-state index in [1.165, 1.54) is 0 Å². The average Bonchev–Trinajstić information content (AvgIpc) is 2.45. The van der Waals surface area contributed by atoms with Gasteiger partial charge in [-0.1, -0.05) is 50.5 Å². The van der Waals surface area contributed by atoms with Crippen molar-refractivity contribution in [3.05, 3.63) is 84.1 Å². The molecule has 0 fully saturated rings. The first-order valence-corrected chi connectivity index (χ1v) is 7.06. The van der Waals surface area contributed by atoms with E-state index in [4.69, 9.17) is 4.74 Å². The molecular formula is C19H24O2. The fourth-order valence-electron chi connectivity index (χ4n) is 1.88. The van der Waals surface area contributed by atoms with E-state index in [0.29, 0.717) is 5.92 Å². The third kappa shape index (κ3) is 5.35. The molecule has 2 heteroatoms. The van der Waals surface area contributed by atoms with Gasteiger partial charge in [0.05, 0.1) is 0 Å². The summed E-state index contributed by atoms with van der Waals surface area (Å²) >= 11 is 0. The molecule has 0 saturated carbocycles. The molecule has 0 bridgehead atoms. The minimum atomic E-state index is 0.196. The second kappa shape index (κ2) is 8.15. The Balaban J connectivity index is 2.99. The Morgan fingerprint density at radius 2 is 2.05 bits per heavy atom. The largest absolute Gasteiger partial charge is 0.508 e. The third-order valence-electron chi connectivity index (χ3n) is 3.19. The molecule has 0 aromatic carbocycles. The Kier molecular flexibility index (Phi) is 6.54. The molecule has 1 aliphatic heterocycles. The van der Waals surface area contributed by atoms with E-state index in [-0.39, 0.29) is 5.76 Å². The van der Waals surface area contributed by atoms with Crippen LogP contribution in [0.5, 0.6) is 0 Å². The summed E-state index contributed by atoms with van der Waals surface area (Å²) in [6, 6.07) is 0. The van der Waals surface area contributed by atoms with E-state index in [0.717, 1.165) is 29.1 Å². The van der Waals surface area contributed by atoms with Crippen molar-refractivity contribution in [3.63, 3.8) is 0 Å². The summed E-state index contributed by atoms with van der Waals surface area (Å²) in [5, 5.41) is 9.95. The molecule has 0 radical (unpaired) electrons. The Bertz CT molecular complexity index is 554. The van der Waals surface area contributed by atoms with Gasteiger partial charge in [-0.2, -0.15) is 0 Å². The van der Waals surface area contributed by atoms with Gasteiger partial charge in [0.1, 0.15) is 17.3 Å². The van der Waals surface area contributed by atoms with Gasteiger partial charge in [-0.3, -0.25) is 0 Å². The van der Waals surface area contributed by atoms with Crippen molar-refractivity contribution in [1.82, 2.24) is 0 Å². The van der Waals surface area contributed by atoms with Crippen molar-refractivity contribution in [2.75, 3.05) is 0 Å². The summed E-state index contributed by atoms with van der Waals surface area (Å²) in [7, 11) is 0. The highest BCUT2D eigenvalue weighted by Crippen LogP contribution is 2.29. The molecule has 0 aromatic rings. The van der Waals surface area contributed by atoms with E-state index in [2.05, 4.69) is 26.2 Å². The lowest BCUT2D eigenvalue weighted by atomic mass is 10.00. The fraction of sp³-hybridized carbons (Fsp3) is 0.263. The molecule has 21 heavy (non-hydrogen) atoms. The molecule has 0 spiro atoms. The van der Waals surface area contributed by atoms with Gasteiger partial charge in [0.25, 0.3) is 0 Å². The quantitative estimate of drug-likeness (QED) is 0.532. The van der Waals surface area contributed by atoms with Crippen LogP contribution < -0.4 is 0 Å². The molecule has 1 atom stereocenters. The zero-order valence-corrected chi connectivity index (χ0v) is 13.1. The van der Waals surface area contributed by atoms with Crippen molar-refractivity contribution < 1.29 is 9.84 Å². The highest BCUT2D eigenvalue weighted by molar-refractivity contribution is 5.34. The fourth-order valence-corrected chi connectivity index (χ4v) is 1.88. The molecule has 112 valence electrons. The number of rotatable bonds is 5.